The molecule has 40 heavy (non-hydrogen) atoms. The van der Waals surface area contributed by atoms with E-state index in [0.717, 1.165) is 0 Å². The topological polar surface area (TPSA) is 3.24 Å². The van der Waals surface area contributed by atoms with Gasteiger partial charge in [0, 0.05) is 17.1 Å². The zero-order chi connectivity index (χ0) is 29.7. The van der Waals surface area contributed by atoms with Gasteiger partial charge < -0.3 is 4.90 Å². The Bertz CT molecular complexity index is 987. The minimum Gasteiger partial charge on any atom is -0.311 e. The molecule has 4 heteroatoms. The second-order valence-corrected chi connectivity index (χ2v) is 22.9. The molecule has 0 amide bonds. The van der Waals surface area contributed by atoms with Gasteiger partial charge in [-0.3, -0.25) is 0 Å². The summed E-state index contributed by atoms with van der Waals surface area (Å²) in [5.74, 6) is 0. The van der Waals surface area contributed by atoms with Crippen LogP contribution in [0.15, 0.2) is 72.8 Å². The Labute approximate surface area is 250 Å². The Balaban J connectivity index is 2.08. The molecule has 0 bridgehead atoms. The lowest BCUT2D eigenvalue weighted by molar-refractivity contribution is 1.02. The first-order valence-electron chi connectivity index (χ1n) is 15.3. The molecule has 0 radical (unpaired) electrons. The highest BCUT2D eigenvalue weighted by Crippen LogP contribution is 2.48. The van der Waals surface area contributed by atoms with E-state index in [1.165, 1.54) is 33.0 Å². The van der Waals surface area contributed by atoms with Crippen molar-refractivity contribution in [3.05, 3.63) is 72.8 Å². The molecule has 0 saturated carbocycles. The molecule has 0 aliphatic carbocycles. The predicted molar refractivity (Wildman–Crippen MR) is 192 cm³/mol. The molecular formula is C36H54NP3. The van der Waals surface area contributed by atoms with Gasteiger partial charge in [0.15, 0.2) is 0 Å². The largest absolute Gasteiger partial charge is 0.311 e. The number of nitrogens with zero attached hydrogens (tertiary/aromatic N) is 1. The number of benzene rings is 3. The van der Waals surface area contributed by atoms with Crippen LogP contribution in [0.25, 0.3) is 0 Å². The summed E-state index contributed by atoms with van der Waals surface area (Å²) in [4.78, 5) is 2.45. The van der Waals surface area contributed by atoms with Crippen LogP contribution in [0.2, 0.25) is 0 Å². The molecule has 3 aromatic rings. The van der Waals surface area contributed by atoms with Gasteiger partial charge in [-0.2, -0.15) is 0 Å². The summed E-state index contributed by atoms with van der Waals surface area (Å²) in [6.07, 6.45) is 0. The third-order valence-electron chi connectivity index (χ3n) is 7.56. The van der Waals surface area contributed by atoms with Gasteiger partial charge in [0.25, 0.3) is 0 Å². The highest BCUT2D eigenvalue weighted by atomic mass is 31.1. The zero-order valence-corrected chi connectivity index (χ0v) is 29.9. The Morgan fingerprint density at radius 2 is 0.500 bits per heavy atom. The first-order valence-corrected chi connectivity index (χ1v) is 19.7. The molecule has 0 saturated heterocycles. The number of hydrogen-bond donors (Lipinski definition) is 0. The van der Waals surface area contributed by atoms with Crippen LogP contribution in [0.4, 0.5) is 17.1 Å². The number of anilines is 3. The Morgan fingerprint density at radius 3 is 0.650 bits per heavy atom. The van der Waals surface area contributed by atoms with Gasteiger partial charge in [-0.05, 0) is 86.3 Å². The van der Waals surface area contributed by atoms with Gasteiger partial charge in [0.1, 0.15) is 0 Å². The van der Waals surface area contributed by atoms with Crippen LogP contribution in [-0.2, 0) is 0 Å². The summed E-state index contributed by atoms with van der Waals surface area (Å²) in [7, 11) is -0.530. The van der Waals surface area contributed by atoms with Gasteiger partial charge >= 0.3 is 0 Å². The van der Waals surface area contributed by atoms with Crippen molar-refractivity contribution in [3.63, 3.8) is 0 Å². The minimum atomic E-state index is -0.177. The molecular weight excluding hydrogens is 539 g/mol. The molecule has 0 heterocycles. The second kappa shape index (κ2) is 14.8. The van der Waals surface area contributed by atoms with Crippen LogP contribution in [0.1, 0.15) is 83.1 Å². The summed E-state index contributed by atoms with van der Waals surface area (Å²) >= 11 is 0. The molecule has 0 unspecified atom stereocenters. The predicted octanol–water partition coefficient (Wildman–Crippen LogP) is 10.9. The molecule has 0 fully saturated rings. The summed E-state index contributed by atoms with van der Waals surface area (Å²) in [6.45, 7) is 28.5. The minimum absolute atomic E-state index is 0.177. The summed E-state index contributed by atoms with van der Waals surface area (Å²) in [6, 6.07) is 28.5. The third kappa shape index (κ3) is 7.97. The standard InChI is InChI=1S/C36H54NP3/c1-25(2)38(26(3)4)34-19-13-31(14-20-34)37(32-15-21-35(22-16-32)39(27(5)6)28(7)8)33-17-23-36(24-18-33)40(29(9)10)30(11)12/h13-30H,1-12H3. The van der Waals surface area contributed by atoms with Gasteiger partial charge in [-0.15, -0.1) is 0 Å². The van der Waals surface area contributed by atoms with Crippen LogP contribution in [0, 0.1) is 0 Å². The maximum absolute atomic E-state index is 2.45. The molecule has 0 atom stereocenters. The lowest BCUT2D eigenvalue weighted by Crippen LogP contribution is -2.18. The Morgan fingerprint density at radius 1 is 0.325 bits per heavy atom. The van der Waals surface area contributed by atoms with Gasteiger partial charge in [-0.25, -0.2) is 0 Å². The zero-order valence-electron chi connectivity index (χ0n) is 27.2. The quantitative estimate of drug-likeness (QED) is 0.189. The highest BCUT2D eigenvalue weighted by Gasteiger charge is 2.23. The molecule has 0 N–H and O–H groups in total. The van der Waals surface area contributed by atoms with Gasteiger partial charge in [0.05, 0.1) is 0 Å². The van der Waals surface area contributed by atoms with Crippen molar-refractivity contribution in [2.75, 3.05) is 4.90 Å². The van der Waals surface area contributed by atoms with Crippen LogP contribution >= 0.6 is 23.8 Å². The molecule has 218 valence electrons. The fraction of sp³-hybridized carbons (Fsp3) is 0.500. The second-order valence-electron chi connectivity index (χ2n) is 12.7. The summed E-state index contributed by atoms with van der Waals surface area (Å²) in [5.41, 5.74) is 7.81. The average Bonchev–Trinajstić information content (AvgIpc) is 2.86. The van der Waals surface area contributed by atoms with Crippen LogP contribution < -0.4 is 20.8 Å². The molecule has 3 aromatic carbocycles. The molecule has 1 nitrogen and oxygen atoms in total. The van der Waals surface area contributed by atoms with E-state index in [4.69, 9.17) is 0 Å². The van der Waals surface area contributed by atoms with Crippen molar-refractivity contribution in [1.29, 1.82) is 0 Å². The number of rotatable bonds is 12. The SMILES string of the molecule is CC(C)P(c1ccc(N(c2ccc(P(C(C)C)C(C)C)cc2)c2ccc(P(C(C)C)C(C)C)cc2)cc1)C(C)C. The van der Waals surface area contributed by atoms with E-state index >= 15 is 0 Å². The summed E-state index contributed by atoms with van der Waals surface area (Å²) in [5, 5.41) is 4.52. The van der Waals surface area contributed by atoms with E-state index in [9.17, 15) is 0 Å². The van der Waals surface area contributed by atoms with Crippen molar-refractivity contribution in [2.24, 2.45) is 0 Å². The maximum Gasteiger partial charge on any atom is 0.0462 e. The van der Waals surface area contributed by atoms with Crippen molar-refractivity contribution < 1.29 is 0 Å². The van der Waals surface area contributed by atoms with E-state index < -0.39 is 0 Å². The molecule has 3 rings (SSSR count). The lowest BCUT2D eigenvalue weighted by Gasteiger charge is -2.30. The average molecular weight is 594 g/mol. The van der Waals surface area contributed by atoms with Crippen molar-refractivity contribution in [1.82, 2.24) is 0 Å². The third-order valence-corrected chi connectivity index (χ3v) is 16.9. The van der Waals surface area contributed by atoms with E-state index in [0.29, 0.717) is 34.0 Å². The molecule has 0 aliphatic heterocycles. The highest BCUT2D eigenvalue weighted by molar-refractivity contribution is 7.67. The first-order chi connectivity index (χ1) is 18.8. The number of hydrogen-bond acceptors (Lipinski definition) is 1. The van der Waals surface area contributed by atoms with Crippen molar-refractivity contribution >= 4 is 56.7 Å². The summed E-state index contributed by atoms with van der Waals surface area (Å²) < 4.78 is 0. The van der Waals surface area contributed by atoms with Crippen molar-refractivity contribution in [3.8, 4) is 0 Å². The Kier molecular flexibility index (Phi) is 12.3. The van der Waals surface area contributed by atoms with Crippen molar-refractivity contribution in [2.45, 2.75) is 117 Å². The smallest absolute Gasteiger partial charge is 0.0462 e. The van der Waals surface area contributed by atoms with Crippen LogP contribution in [0.5, 0.6) is 0 Å². The molecule has 0 aliphatic rings. The fourth-order valence-corrected chi connectivity index (χ4v) is 15.0. The van der Waals surface area contributed by atoms with E-state index in [-0.39, 0.29) is 23.8 Å². The van der Waals surface area contributed by atoms with E-state index in [1.54, 1.807) is 0 Å². The van der Waals surface area contributed by atoms with E-state index in [1.807, 2.05) is 0 Å². The van der Waals surface area contributed by atoms with Gasteiger partial charge in [0.2, 0.25) is 0 Å². The van der Waals surface area contributed by atoms with Crippen LogP contribution in [0.3, 0.4) is 0 Å². The molecule has 0 spiro atoms. The first kappa shape index (κ1) is 33.3. The lowest BCUT2D eigenvalue weighted by atomic mass is 10.2. The normalized spacial score (nSPS) is 12.5. The van der Waals surface area contributed by atoms with Gasteiger partial charge in [-0.1, -0.05) is 143 Å². The van der Waals surface area contributed by atoms with E-state index in [2.05, 4.69) is 161 Å². The maximum atomic E-state index is 2.45. The fourth-order valence-electron chi connectivity index (χ4n) is 6.35. The van der Waals surface area contributed by atoms with Crippen LogP contribution in [-0.4, -0.2) is 34.0 Å². The molecule has 0 aromatic heterocycles. The monoisotopic (exact) mass is 593 g/mol. The Hall–Kier alpha value is -1.25.